The third-order valence-electron chi connectivity index (χ3n) is 4.96. The second kappa shape index (κ2) is 7.59. The number of nitrogens with zero attached hydrogens (tertiary/aromatic N) is 2. The van der Waals surface area contributed by atoms with E-state index in [-0.39, 0.29) is 11.8 Å². The fourth-order valence-electron chi connectivity index (χ4n) is 3.67. The monoisotopic (exact) mass is 438 g/mol. The highest BCUT2D eigenvalue weighted by Crippen LogP contribution is 2.34. The molecule has 7 heteroatoms. The quantitative estimate of drug-likeness (QED) is 0.602. The molecule has 6 nitrogen and oxygen atoms in total. The SMILES string of the molecule is CC1CN(C(=O)c2cccc(Br)c2)CC=C1c1cc(NC=O)nc2[nH]ccc12. The number of fused-ring (bicyclic) bond motifs is 1. The van der Waals surface area contributed by atoms with Crippen LogP contribution < -0.4 is 5.32 Å². The molecule has 0 aliphatic carbocycles. The minimum atomic E-state index is 0.0216. The van der Waals surface area contributed by atoms with Gasteiger partial charge >= 0.3 is 0 Å². The van der Waals surface area contributed by atoms with Crippen molar-refractivity contribution in [1.29, 1.82) is 0 Å². The molecule has 1 aliphatic heterocycles. The summed E-state index contributed by atoms with van der Waals surface area (Å²) >= 11 is 3.42. The maximum absolute atomic E-state index is 12.9. The molecule has 2 amide bonds. The Morgan fingerprint density at radius 2 is 2.21 bits per heavy atom. The maximum atomic E-state index is 12.9. The van der Waals surface area contributed by atoms with Crippen molar-refractivity contribution in [2.24, 2.45) is 5.92 Å². The molecule has 1 unspecified atom stereocenters. The Morgan fingerprint density at radius 3 is 2.96 bits per heavy atom. The van der Waals surface area contributed by atoms with Crippen LogP contribution in [0.3, 0.4) is 0 Å². The van der Waals surface area contributed by atoms with Gasteiger partial charge in [-0.25, -0.2) is 4.98 Å². The highest BCUT2D eigenvalue weighted by Gasteiger charge is 2.26. The van der Waals surface area contributed by atoms with Crippen molar-refractivity contribution in [3.05, 3.63) is 64.3 Å². The highest BCUT2D eigenvalue weighted by atomic mass is 79.9. The van der Waals surface area contributed by atoms with Crippen LogP contribution in [0, 0.1) is 5.92 Å². The predicted octanol–water partition coefficient (Wildman–Crippen LogP) is 4.07. The van der Waals surface area contributed by atoms with Crippen LogP contribution in [-0.4, -0.2) is 40.3 Å². The molecule has 2 aromatic heterocycles. The number of hydrogen-bond acceptors (Lipinski definition) is 3. The van der Waals surface area contributed by atoms with Gasteiger partial charge in [0.2, 0.25) is 6.41 Å². The van der Waals surface area contributed by atoms with Gasteiger partial charge in [-0.2, -0.15) is 0 Å². The number of aromatic nitrogens is 2. The Balaban J connectivity index is 1.66. The molecular formula is C21H19BrN4O2. The van der Waals surface area contributed by atoms with Crippen LogP contribution in [0.2, 0.25) is 0 Å². The first-order valence-electron chi connectivity index (χ1n) is 9.00. The lowest BCUT2D eigenvalue weighted by atomic mass is 9.89. The number of amides is 2. The number of halogens is 1. The maximum Gasteiger partial charge on any atom is 0.254 e. The van der Waals surface area contributed by atoms with E-state index < -0.39 is 0 Å². The van der Waals surface area contributed by atoms with Gasteiger partial charge in [-0.1, -0.05) is 35.0 Å². The van der Waals surface area contributed by atoms with Crippen molar-refractivity contribution in [1.82, 2.24) is 14.9 Å². The molecule has 4 rings (SSSR count). The van der Waals surface area contributed by atoms with Crippen LogP contribution in [0.15, 0.2) is 53.1 Å². The summed E-state index contributed by atoms with van der Waals surface area (Å²) in [5, 5.41) is 3.63. The molecule has 1 atom stereocenters. The van der Waals surface area contributed by atoms with E-state index in [1.807, 2.05) is 47.5 Å². The first-order valence-corrected chi connectivity index (χ1v) is 9.79. The zero-order valence-electron chi connectivity index (χ0n) is 15.3. The normalized spacial score (nSPS) is 16.7. The zero-order chi connectivity index (χ0) is 19.7. The molecule has 0 saturated heterocycles. The van der Waals surface area contributed by atoms with Gasteiger partial charge in [0.15, 0.2) is 0 Å². The van der Waals surface area contributed by atoms with Gasteiger partial charge in [-0.3, -0.25) is 9.59 Å². The molecule has 0 fully saturated rings. The standard InChI is InChI=1S/C21H19BrN4O2/c1-13-11-26(21(28)14-3-2-4-15(22)9-14)8-6-16(13)18-10-19(24-12-27)25-20-17(18)5-7-23-20/h2-7,9-10,12-13H,8,11H2,1H3,(H2,23,24,25,27). The second-order valence-corrected chi connectivity index (χ2v) is 7.75. The van der Waals surface area contributed by atoms with E-state index in [2.05, 4.69) is 44.2 Å². The number of hydrogen-bond donors (Lipinski definition) is 2. The predicted molar refractivity (Wildman–Crippen MR) is 113 cm³/mol. The minimum Gasteiger partial charge on any atom is -0.346 e. The molecule has 2 N–H and O–H groups in total. The van der Waals surface area contributed by atoms with E-state index in [0.717, 1.165) is 26.6 Å². The van der Waals surface area contributed by atoms with E-state index in [4.69, 9.17) is 0 Å². The van der Waals surface area contributed by atoms with E-state index >= 15 is 0 Å². The third-order valence-corrected chi connectivity index (χ3v) is 5.46. The highest BCUT2D eigenvalue weighted by molar-refractivity contribution is 9.10. The number of carbonyl (C=O) groups is 2. The van der Waals surface area contributed by atoms with Gasteiger partial charge < -0.3 is 15.2 Å². The Kier molecular flexibility index (Phi) is 5.00. The van der Waals surface area contributed by atoms with Crippen LogP contribution in [0.25, 0.3) is 16.6 Å². The fraction of sp³-hybridized carbons (Fsp3) is 0.190. The van der Waals surface area contributed by atoms with Gasteiger partial charge in [0.25, 0.3) is 5.91 Å². The van der Waals surface area contributed by atoms with E-state index in [1.54, 1.807) is 0 Å². The number of carbonyl (C=O) groups excluding carboxylic acids is 2. The summed E-state index contributed by atoms with van der Waals surface area (Å²) in [6.45, 7) is 3.27. The molecular weight excluding hydrogens is 420 g/mol. The van der Waals surface area contributed by atoms with E-state index in [9.17, 15) is 9.59 Å². The van der Waals surface area contributed by atoms with Crippen molar-refractivity contribution >= 4 is 50.7 Å². The average Bonchev–Trinajstić information content (AvgIpc) is 3.16. The lowest BCUT2D eigenvalue weighted by Crippen LogP contribution is -2.38. The van der Waals surface area contributed by atoms with Gasteiger partial charge in [0.1, 0.15) is 11.5 Å². The molecule has 0 radical (unpaired) electrons. The topological polar surface area (TPSA) is 78.1 Å². The smallest absolute Gasteiger partial charge is 0.254 e. The summed E-state index contributed by atoms with van der Waals surface area (Å²) in [7, 11) is 0. The molecule has 0 spiro atoms. The molecule has 0 bridgehead atoms. The Bertz CT molecular complexity index is 1090. The number of aromatic amines is 1. The zero-order valence-corrected chi connectivity index (χ0v) is 16.9. The lowest BCUT2D eigenvalue weighted by molar-refractivity contribution is -0.105. The number of pyridine rings is 1. The summed E-state index contributed by atoms with van der Waals surface area (Å²) in [5.41, 5.74) is 3.58. The summed E-state index contributed by atoms with van der Waals surface area (Å²) in [4.78, 5) is 33.1. The van der Waals surface area contributed by atoms with Crippen molar-refractivity contribution < 1.29 is 9.59 Å². The van der Waals surface area contributed by atoms with Gasteiger partial charge in [-0.15, -0.1) is 0 Å². The third kappa shape index (κ3) is 3.45. The first kappa shape index (κ1) is 18.4. The number of rotatable bonds is 4. The average molecular weight is 439 g/mol. The van der Waals surface area contributed by atoms with Crippen LogP contribution in [0.5, 0.6) is 0 Å². The molecule has 1 aromatic carbocycles. The molecule has 1 aliphatic rings. The van der Waals surface area contributed by atoms with Crippen LogP contribution >= 0.6 is 15.9 Å². The van der Waals surface area contributed by atoms with Crippen molar-refractivity contribution in [3.8, 4) is 0 Å². The number of H-pyrrole nitrogens is 1. The summed E-state index contributed by atoms with van der Waals surface area (Å²) < 4.78 is 0.890. The molecule has 3 aromatic rings. The summed E-state index contributed by atoms with van der Waals surface area (Å²) in [6, 6.07) is 11.3. The Morgan fingerprint density at radius 1 is 1.36 bits per heavy atom. The molecule has 3 heterocycles. The lowest BCUT2D eigenvalue weighted by Gasteiger charge is -2.32. The fourth-order valence-corrected chi connectivity index (χ4v) is 4.07. The van der Waals surface area contributed by atoms with E-state index in [0.29, 0.717) is 30.9 Å². The Labute approximate surface area is 170 Å². The minimum absolute atomic E-state index is 0.0216. The molecule has 28 heavy (non-hydrogen) atoms. The number of nitrogens with one attached hydrogen (secondary N) is 2. The Hall–Kier alpha value is -2.93. The van der Waals surface area contributed by atoms with Gasteiger partial charge in [0.05, 0.1) is 0 Å². The molecule has 142 valence electrons. The van der Waals surface area contributed by atoms with Crippen molar-refractivity contribution in [2.45, 2.75) is 6.92 Å². The summed E-state index contributed by atoms with van der Waals surface area (Å²) in [6.07, 6.45) is 4.55. The molecule has 0 saturated carbocycles. The number of benzene rings is 1. The summed E-state index contributed by atoms with van der Waals surface area (Å²) in [5.74, 6) is 0.670. The van der Waals surface area contributed by atoms with Gasteiger partial charge in [-0.05, 0) is 47.4 Å². The van der Waals surface area contributed by atoms with Crippen molar-refractivity contribution in [2.75, 3.05) is 18.4 Å². The van der Waals surface area contributed by atoms with Gasteiger partial charge in [0, 0.05) is 34.7 Å². The largest absolute Gasteiger partial charge is 0.346 e. The first-order chi connectivity index (χ1) is 13.6. The second-order valence-electron chi connectivity index (χ2n) is 6.84. The van der Waals surface area contributed by atoms with Crippen LogP contribution in [0.4, 0.5) is 5.82 Å². The van der Waals surface area contributed by atoms with Crippen LogP contribution in [0.1, 0.15) is 22.8 Å². The van der Waals surface area contributed by atoms with Crippen molar-refractivity contribution in [3.63, 3.8) is 0 Å². The van der Waals surface area contributed by atoms with E-state index in [1.165, 1.54) is 0 Å². The number of anilines is 1. The van der Waals surface area contributed by atoms with Crippen LogP contribution in [-0.2, 0) is 4.79 Å².